The van der Waals surface area contributed by atoms with Gasteiger partial charge in [0.2, 0.25) is 0 Å². The van der Waals surface area contributed by atoms with Crippen LogP contribution in [0.3, 0.4) is 0 Å². The Morgan fingerprint density at radius 3 is 2.76 bits per heavy atom. The van der Waals surface area contributed by atoms with Crippen molar-refractivity contribution in [3.05, 3.63) is 53.1 Å². The molecule has 0 radical (unpaired) electrons. The van der Waals surface area contributed by atoms with E-state index in [1.54, 1.807) is 36.7 Å². The first kappa shape index (κ1) is 12.2. The monoisotopic (exact) mass is 266 g/mol. The Labute approximate surface area is 107 Å². The van der Waals surface area contributed by atoms with Crippen LogP contribution in [0.1, 0.15) is 11.4 Å². The van der Waals surface area contributed by atoms with E-state index in [1.165, 1.54) is 0 Å². The summed E-state index contributed by atoms with van der Waals surface area (Å²) in [6.45, 7) is 1.87. The van der Waals surface area contributed by atoms with Crippen molar-refractivity contribution in [2.75, 3.05) is 0 Å². The lowest BCUT2D eigenvalue weighted by atomic mass is 10.4. The fourth-order valence-electron chi connectivity index (χ4n) is 1.32. The highest BCUT2D eigenvalue weighted by Gasteiger charge is 2.06. The van der Waals surface area contributed by atoms with Crippen LogP contribution in [-0.2, 0) is 16.6 Å². The first-order valence-electron chi connectivity index (χ1n) is 5.06. The second-order valence-corrected chi connectivity index (χ2v) is 5.48. The van der Waals surface area contributed by atoms with Gasteiger partial charge in [-0.1, -0.05) is 17.7 Å². The van der Waals surface area contributed by atoms with Crippen LogP contribution in [0.25, 0.3) is 0 Å². The van der Waals surface area contributed by atoms with E-state index in [9.17, 15) is 4.21 Å². The number of rotatable bonds is 3. The van der Waals surface area contributed by atoms with Gasteiger partial charge >= 0.3 is 0 Å². The van der Waals surface area contributed by atoms with Crippen molar-refractivity contribution in [3.63, 3.8) is 0 Å². The molecule has 0 fully saturated rings. The van der Waals surface area contributed by atoms with Crippen LogP contribution >= 0.6 is 11.6 Å². The van der Waals surface area contributed by atoms with Crippen molar-refractivity contribution in [1.29, 1.82) is 0 Å². The van der Waals surface area contributed by atoms with E-state index in [-0.39, 0.29) is 0 Å². The molecule has 1 aromatic carbocycles. The lowest BCUT2D eigenvalue weighted by molar-refractivity contribution is 0.682. The molecule has 0 aliphatic heterocycles. The van der Waals surface area contributed by atoms with E-state index in [0.717, 1.165) is 5.69 Å². The molecule has 17 heavy (non-hydrogen) atoms. The Morgan fingerprint density at radius 1 is 1.29 bits per heavy atom. The summed E-state index contributed by atoms with van der Waals surface area (Å²) in [5, 5.41) is 0.589. The Hall–Kier alpha value is -1.26. The SMILES string of the molecule is Cc1cnc(C[S@](=O)c2cccc(Cl)c2)cn1. The Kier molecular flexibility index (Phi) is 3.86. The molecule has 2 aromatic rings. The number of nitrogens with zero attached hydrogens (tertiary/aromatic N) is 2. The molecule has 0 bridgehead atoms. The van der Waals surface area contributed by atoms with Gasteiger partial charge in [-0.2, -0.15) is 0 Å². The summed E-state index contributed by atoms with van der Waals surface area (Å²) >= 11 is 5.85. The van der Waals surface area contributed by atoms with Crippen LogP contribution in [0.2, 0.25) is 5.02 Å². The van der Waals surface area contributed by atoms with Gasteiger partial charge in [-0.3, -0.25) is 14.2 Å². The van der Waals surface area contributed by atoms with Gasteiger partial charge in [0.25, 0.3) is 0 Å². The zero-order chi connectivity index (χ0) is 12.3. The maximum atomic E-state index is 12.0. The average Bonchev–Trinajstić information content (AvgIpc) is 2.32. The van der Waals surface area contributed by atoms with Crippen LogP contribution in [0, 0.1) is 6.92 Å². The quantitative estimate of drug-likeness (QED) is 0.858. The number of aryl methyl sites for hydroxylation is 1. The summed E-state index contributed by atoms with van der Waals surface area (Å²) in [6.07, 6.45) is 3.32. The second kappa shape index (κ2) is 5.38. The number of halogens is 1. The fraction of sp³-hybridized carbons (Fsp3) is 0.167. The van der Waals surface area contributed by atoms with Crippen molar-refractivity contribution < 1.29 is 4.21 Å². The van der Waals surface area contributed by atoms with Crippen molar-refractivity contribution in [2.45, 2.75) is 17.6 Å². The second-order valence-electron chi connectivity index (χ2n) is 3.60. The zero-order valence-electron chi connectivity index (χ0n) is 9.26. The van der Waals surface area contributed by atoms with E-state index in [1.807, 2.05) is 6.92 Å². The molecule has 1 atom stereocenters. The van der Waals surface area contributed by atoms with Crippen molar-refractivity contribution >= 4 is 22.4 Å². The van der Waals surface area contributed by atoms with E-state index >= 15 is 0 Å². The number of aromatic nitrogens is 2. The molecule has 5 heteroatoms. The van der Waals surface area contributed by atoms with Crippen molar-refractivity contribution in [2.24, 2.45) is 0 Å². The molecule has 2 rings (SSSR count). The predicted molar refractivity (Wildman–Crippen MR) is 68.3 cm³/mol. The van der Waals surface area contributed by atoms with E-state index in [0.29, 0.717) is 21.4 Å². The molecule has 88 valence electrons. The minimum absolute atomic E-state index is 0.355. The molecule has 0 unspecified atom stereocenters. The third kappa shape index (κ3) is 3.35. The van der Waals surface area contributed by atoms with E-state index in [2.05, 4.69) is 9.97 Å². The van der Waals surface area contributed by atoms with Crippen LogP contribution in [0.15, 0.2) is 41.6 Å². The number of benzene rings is 1. The first-order chi connectivity index (χ1) is 8.15. The fourth-order valence-corrected chi connectivity index (χ4v) is 2.65. The molecule has 1 heterocycles. The average molecular weight is 267 g/mol. The summed E-state index contributed by atoms with van der Waals surface area (Å²) in [6, 6.07) is 7.05. The molecule has 0 saturated heterocycles. The van der Waals surface area contributed by atoms with Gasteiger partial charge in [0.1, 0.15) is 0 Å². The summed E-state index contributed by atoms with van der Waals surface area (Å²) in [5.74, 6) is 0.355. The first-order valence-corrected chi connectivity index (χ1v) is 6.76. The predicted octanol–water partition coefficient (Wildman–Crippen LogP) is 2.75. The highest BCUT2D eigenvalue weighted by atomic mass is 35.5. The molecular weight excluding hydrogens is 256 g/mol. The smallest absolute Gasteiger partial charge is 0.0721 e. The lowest BCUT2D eigenvalue weighted by Crippen LogP contribution is -2.00. The molecule has 0 saturated carbocycles. The van der Waals surface area contributed by atoms with Gasteiger partial charge in [-0.05, 0) is 25.1 Å². The van der Waals surface area contributed by atoms with Gasteiger partial charge in [0.05, 0.1) is 27.9 Å². The van der Waals surface area contributed by atoms with Gasteiger partial charge in [0, 0.05) is 22.3 Å². The Morgan fingerprint density at radius 2 is 2.12 bits per heavy atom. The molecular formula is C12H11ClN2OS. The maximum absolute atomic E-state index is 12.0. The van der Waals surface area contributed by atoms with E-state index < -0.39 is 10.8 Å². The Balaban J connectivity index is 2.14. The van der Waals surface area contributed by atoms with Crippen LogP contribution in [0.5, 0.6) is 0 Å². The molecule has 0 aliphatic carbocycles. The number of hydrogen-bond acceptors (Lipinski definition) is 3. The number of hydrogen-bond donors (Lipinski definition) is 0. The van der Waals surface area contributed by atoms with Crippen molar-refractivity contribution in [1.82, 2.24) is 9.97 Å². The highest BCUT2D eigenvalue weighted by molar-refractivity contribution is 7.84. The summed E-state index contributed by atoms with van der Waals surface area (Å²) < 4.78 is 12.0. The third-order valence-corrected chi connectivity index (χ3v) is 3.75. The Bertz CT molecular complexity index is 542. The lowest BCUT2D eigenvalue weighted by Gasteiger charge is -2.02. The zero-order valence-corrected chi connectivity index (χ0v) is 10.8. The van der Waals surface area contributed by atoms with Crippen LogP contribution < -0.4 is 0 Å². The molecule has 0 amide bonds. The van der Waals surface area contributed by atoms with Gasteiger partial charge in [-0.25, -0.2) is 0 Å². The largest absolute Gasteiger partial charge is 0.258 e. The van der Waals surface area contributed by atoms with Gasteiger partial charge in [-0.15, -0.1) is 0 Å². The third-order valence-electron chi connectivity index (χ3n) is 2.17. The van der Waals surface area contributed by atoms with Crippen LogP contribution in [-0.4, -0.2) is 14.2 Å². The highest BCUT2D eigenvalue weighted by Crippen LogP contribution is 2.16. The molecule has 3 nitrogen and oxygen atoms in total. The van der Waals surface area contributed by atoms with Crippen LogP contribution in [0.4, 0.5) is 0 Å². The van der Waals surface area contributed by atoms with Gasteiger partial charge < -0.3 is 0 Å². The normalized spacial score (nSPS) is 12.4. The van der Waals surface area contributed by atoms with Gasteiger partial charge in [0.15, 0.2) is 0 Å². The summed E-state index contributed by atoms with van der Waals surface area (Å²) in [7, 11) is -1.14. The standard InChI is InChI=1S/C12H11ClN2OS/c1-9-6-15-11(7-14-9)8-17(16)12-4-2-3-10(13)5-12/h2-7H,8H2,1H3/t17-/m0/s1. The van der Waals surface area contributed by atoms with Crippen molar-refractivity contribution in [3.8, 4) is 0 Å². The molecule has 0 N–H and O–H groups in total. The van der Waals surface area contributed by atoms with E-state index in [4.69, 9.17) is 11.6 Å². The molecule has 0 aliphatic rings. The summed E-state index contributed by atoms with van der Waals surface area (Å²) in [5.41, 5.74) is 1.57. The minimum atomic E-state index is -1.14. The minimum Gasteiger partial charge on any atom is -0.258 e. The molecule has 0 spiro atoms. The topological polar surface area (TPSA) is 42.9 Å². The maximum Gasteiger partial charge on any atom is 0.0721 e. The summed E-state index contributed by atoms with van der Waals surface area (Å²) in [4.78, 5) is 9.01. The molecule has 1 aromatic heterocycles.